The summed E-state index contributed by atoms with van der Waals surface area (Å²) in [5.41, 5.74) is 7.18. The summed E-state index contributed by atoms with van der Waals surface area (Å²) in [5.74, 6) is -0.157. The molecular weight excluding hydrogens is 268 g/mol. The highest BCUT2D eigenvalue weighted by atomic mass is 35.5. The first kappa shape index (κ1) is 17.3. The topological polar surface area (TPSA) is 55.1 Å². The Morgan fingerprint density at radius 2 is 2.17 bits per heavy atom. The number of anilines is 1. The van der Waals surface area contributed by atoms with Gasteiger partial charge in [0.05, 0.1) is 6.54 Å². The van der Waals surface area contributed by atoms with Crippen molar-refractivity contribution in [3.63, 3.8) is 0 Å². The predicted octanol–water partition coefficient (Wildman–Crippen LogP) is 3.20. The Hall–Kier alpha value is -0.710. The molecular formula is C13H21ClN2OS. The van der Waals surface area contributed by atoms with Crippen LogP contribution in [0.15, 0.2) is 23.1 Å². The Morgan fingerprint density at radius 1 is 1.50 bits per heavy atom. The molecule has 0 saturated heterocycles. The molecule has 1 aromatic carbocycles. The summed E-state index contributed by atoms with van der Waals surface area (Å²) >= 11 is 1.85. The van der Waals surface area contributed by atoms with Gasteiger partial charge < -0.3 is 11.1 Å². The van der Waals surface area contributed by atoms with E-state index in [4.69, 9.17) is 5.73 Å². The molecule has 18 heavy (non-hydrogen) atoms. The van der Waals surface area contributed by atoms with Gasteiger partial charge in [0.2, 0.25) is 5.91 Å². The van der Waals surface area contributed by atoms with Gasteiger partial charge in [0.15, 0.2) is 0 Å². The van der Waals surface area contributed by atoms with Crippen LogP contribution in [-0.2, 0) is 4.79 Å². The zero-order chi connectivity index (χ0) is 12.8. The molecule has 0 heterocycles. The van der Waals surface area contributed by atoms with Gasteiger partial charge in [-0.25, -0.2) is 0 Å². The van der Waals surface area contributed by atoms with Crippen LogP contribution in [0.1, 0.15) is 25.8 Å². The molecule has 0 aliphatic heterocycles. The third kappa shape index (κ3) is 5.29. The van der Waals surface area contributed by atoms with E-state index < -0.39 is 0 Å². The van der Waals surface area contributed by atoms with Gasteiger partial charge in [-0.05, 0) is 37.1 Å². The molecule has 5 heteroatoms. The van der Waals surface area contributed by atoms with E-state index in [1.54, 1.807) is 0 Å². The van der Waals surface area contributed by atoms with Crippen molar-refractivity contribution in [1.82, 2.24) is 0 Å². The number of nitrogens with one attached hydrogen (secondary N) is 1. The molecule has 102 valence electrons. The first-order valence-corrected chi connectivity index (χ1v) is 6.72. The van der Waals surface area contributed by atoms with Crippen LogP contribution in [0, 0.1) is 6.92 Å². The summed E-state index contributed by atoms with van der Waals surface area (Å²) in [6.07, 6.45) is 1.15. The molecule has 0 radical (unpaired) electrons. The van der Waals surface area contributed by atoms with E-state index >= 15 is 0 Å². The molecule has 0 aliphatic rings. The van der Waals surface area contributed by atoms with Crippen LogP contribution in [0.25, 0.3) is 0 Å². The first-order chi connectivity index (χ1) is 8.06. The summed E-state index contributed by atoms with van der Waals surface area (Å²) in [7, 11) is 0. The molecule has 0 aliphatic carbocycles. The number of nitrogens with two attached hydrogens (primary N) is 1. The number of thioether (sulfide) groups is 1. The third-order valence-corrected chi connectivity index (χ3v) is 3.83. The summed E-state index contributed by atoms with van der Waals surface area (Å²) in [4.78, 5) is 12.4. The molecule has 3 nitrogen and oxygen atoms in total. The first-order valence-electron chi connectivity index (χ1n) is 5.84. The molecule has 0 spiro atoms. The molecule has 0 aromatic heterocycles. The van der Waals surface area contributed by atoms with E-state index in [1.165, 1.54) is 4.90 Å². The quantitative estimate of drug-likeness (QED) is 0.818. The number of hydrogen-bond acceptors (Lipinski definition) is 3. The van der Waals surface area contributed by atoms with Crippen molar-refractivity contribution < 1.29 is 4.79 Å². The number of carbonyl (C=O) groups is 1. The van der Waals surface area contributed by atoms with Crippen molar-refractivity contribution in [2.75, 3.05) is 11.9 Å². The fourth-order valence-corrected chi connectivity index (χ4v) is 2.39. The van der Waals surface area contributed by atoms with Gasteiger partial charge in [-0.15, -0.1) is 24.2 Å². The summed E-state index contributed by atoms with van der Waals surface area (Å²) < 4.78 is 0. The maximum absolute atomic E-state index is 11.2. The van der Waals surface area contributed by atoms with Crippen molar-refractivity contribution in [1.29, 1.82) is 0 Å². The van der Waals surface area contributed by atoms with Crippen molar-refractivity contribution in [2.45, 2.75) is 37.3 Å². The van der Waals surface area contributed by atoms with Crippen LogP contribution >= 0.6 is 24.2 Å². The highest BCUT2D eigenvalue weighted by Gasteiger charge is 2.06. The number of amides is 1. The minimum Gasteiger partial charge on any atom is -0.325 e. The SMILES string of the molecule is CCC(C)Sc1ccc(NC(=O)CN)c(C)c1.Cl. The second-order valence-electron chi connectivity index (χ2n) is 4.07. The molecule has 1 amide bonds. The van der Waals surface area contributed by atoms with Crippen molar-refractivity contribution >= 4 is 35.8 Å². The minimum atomic E-state index is -0.157. The van der Waals surface area contributed by atoms with Crippen LogP contribution in [0.3, 0.4) is 0 Å². The van der Waals surface area contributed by atoms with Crippen LogP contribution < -0.4 is 11.1 Å². The van der Waals surface area contributed by atoms with Gasteiger partial charge in [-0.1, -0.05) is 13.8 Å². The fourth-order valence-electron chi connectivity index (χ4n) is 1.37. The summed E-state index contributed by atoms with van der Waals surface area (Å²) in [6.45, 7) is 6.40. The number of halogens is 1. The molecule has 0 saturated carbocycles. The van der Waals surface area contributed by atoms with Crippen molar-refractivity contribution in [3.8, 4) is 0 Å². The summed E-state index contributed by atoms with van der Waals surface area (Å²) in [6, 6.07) is 6.08. The molecule has 1 unspecified atom stereocenters. The Balaban J connectivity index is 0.00000289. The Labute approximate surface area is 119 Å². The molecule has 1 rings (SSSR count). The van der Waals surface area contributed by atoms with Crippen LogP contribution in [0.5, 0.6) is 0 Å². The number of aryl methyl sites for hydroxylation is 1. The molecule has 1 atom stereocenters. The average Bonchev–Trinajstić information content (AvgIpc) is 2.32. The maximum atomic E-state index is 11.2. The number of carbonyl (C=O) groups excluding carboxylic acids is 1. The Kier molecular flexibility index (Phi) is 8.07. The van der Waals surface area contributed by atoms with E-state index in [0.717, 1.165) is 17.7 Å². The van der Waals surface area contributed by atoms with E-state index in [9.17, 15) is 4.79 Å². The van der Waals surface area contributed by atoms with Crippen LogP contribution in [-0.4, -0.2) is 17.7 Å². The third-order valence-electron chi connectivity index (χ3n) is 2.57. The van der Waals surface area contributed by atoms with E-state index in [2.05, 4.69) is 25.2 Å². The Morgan fingerprint density at radius 3 is 2.67 bits per heavy atom. The second kappa shape index (κ2) is 8.40. The van der Waals surface area contributed by atoms with Gasteiger partial charge in [0.25, 0.3) is 0 Å². The Bertz CT molecular complexity index is 399. The summed E-state index contributed by atoms with van der Waals surface area (Å²) in [5, 5.41) is 3.39. The minimum absolute atomic E-state index is 0. The van der Waals surface area contributed by atoms with Crippen LogP contribution in [0.2, 0.25) is 0 Å². The van der Waals surface area contributed by atoms with Crippen LogP contribution in [0.4, 0.5) is 5.69 Å². The average molecular weight is 289 g/mol. The normalized spacial score (nSPS) is 11.6. The largest absolute Gasteiger partial charge is 0.325 e. The maximum Gasteiger partial charge on any atom is 0.238 e. The van der Waals surface area contributed by atoms with Gasteiger partial charge in [0, 0.05) is 15.8 Å². The van der Waals surface area contributed by atoms with Gasteiger partial charge in [-0.2, -0.15) is 0 Å². The lowest BCUT2D eigenvalue weighted by atomic mass is 10.2. The lowest BCUT2D eigenvalue weighted by Gasteiger charge is -2.12. The number of benzene rings is 1. The standard InChI is InChI=1S/C13H20N2OS.ClH/c1-4-10(3)17-11-5-6-12(9(2)7-11)15-13(16)8-14;/h5-7,10H,4,8,14H2,1-3H3,(H,15,16);1H. The van der Waals surface area contributed by atoms with Crippen molar-refractivity contribution in [2.24, 2.45) is 5.73 Å². The lowest BCUT2D eigenvalue weighted by Crippen LogP contribution is -2.22. The second-order valence-corrected chi connectivity index (χ2v) is 5.58. The molecule has 3 N–H and O–H groups in total. The molecule has 1 aromatic rings. The fraction of sp³-hybridized carbons (Fsp3) is 0.462. The smallest absolute Gasteiger partial charge is 0.238 e. The van der Waals surface area contributed by atoms with Crippen molar-refractivity contribution in [3.05, 3.63) is 23.8 Å². The van der Waals surface area contributed by atoms with E-state index in [0.29, 0.717) is 5.25 Å². The zero-order valence-corrected chi connectivity index (χ0v) is 12.7. The molecule has 0 bridgehead atoms. The monoisotopic (exact) mass is 288 g/mol. The lowest BCUT2D eigenvalue weighted by molar-refractivity contribution is -0.114. The number of rotatable bonds is 5. The highest BCUT2D eigenvalue weighted by Crippen LogP contribution is 2.28. The van der Waals surface area contributed by atoms with E-state index in [-0.39, 0.29) is 24.9 Å². The number of hydrogen-bond donors (Lipinski definition) is 2. The zero-order valence-electron chi connectivity index (χ0n) is 11.0. The van der Waals surface area contributed by atoms with Gasteiger partial charge >= 0.3 is 0 Å². The van der Waals surface area contributed by atoms with Gasteiger partial charge in [0.1, 0.15) is 0 Å². The molecule has 0 fully saturated rings. The van der Waals surface area contributed by atoms with E-state index in [1.807, 2.05) is 30.8 Å². The highest BCUT2D eigenvalue weighted by molar-refractivity contribution is 7.99. The predicted molar refractivity (Wildman–Crippen MR) is 81.7 cm³/mol. The van der Waals surface area contributed by atoms with Gasteiger partial charge in [-0.3, -0.25) is 4.79 Å².